The fourth-order valence-corrected chi connectivity index (χ4v) is 3.23. The van der Waals surface area contributed by atoms with Gasteiger partial charge in [-0.2, -0.15) is 13.2 Å². The maximum absolute atomic E-state index is 12.5. The van der Waals surface area contributed by atoms with Gasteiger partial charge >= 0.3 is 5.51 Å². The average molecular weight is 378 g/mol. The van der Waals surface area contributed by atoms with Crippen LogP contribution in [-0.4, -0.2) is 49.8 Å². The highest BCUT2D eigenvalue weighted by atomic mass is 32.2. The molecule has 1 fully saturated rings. The summed E-state index contributed by atoms with van der Waals surface area (Å²) in [5, 5.41) is 2.46. The largest absolute Gasteiger partial charge is 0.501 e. The Hall–Kier alpha value is -2.10. The Bertz CT molecular complexity index is 754. The van der Waals surface area contributed by atoms with Crippen LogP contribution >= 0.6 is 0 Å². The zero-order chi connectivity index (χ0) is 18.8. The molecule has 2 amide bonds. The molecule has 2 rings (SSSR count). The first-order chi connectivity index (χ1) is 11.5. The summed E-state index contributed by atoms with van der Waals surface area (Å²) in [7, 11) is -5.46. The van der Waals surface area contributed by atoms with Crippen LogP contribution in [-0.2, 0) is 14.6 Å². The summed E-state index contributed by atoms with van der Waals surface area (Å²) in [4.78, 5) is 24.9. The average Bonchev–Trinajstić information content (AvgIpc) is 3.07. The van der Waals surface area contributed by atoms with Crippen molar-refractivity contribution in [3.63, 3.8) is 0 Å². The molecule has 6 nitrogen and oxygen atoms in total. The van der Waals surface area contributed by atoms with Crippen molar-refractivity contribution < 1.29 is 31.2 Å². The van der Waals surface area contributed by atoms with Crippen LogP contribution in [0.3, 0.4) is 0 Å². The SMILES string of the molecule is C[C@@H](NC(=O)c1ccc(S(=O)(=O)C(F)(F)F)cc1)C(=O)N1CCCC1. The molecule has 0 spiro atoms. The highest BCUT2D eigenvalue weighted by molar-refractivity contribution is 7.92. The number of carbonyl (C=O) groups excluding carboxylic acids is 2. The maximum Gasteiger partial charge on any atom is 0.501 e. The molecule has 1 N–H and O–H groups in total. The Balaban J connectivity index is 2.06. The van der Waals surface area contributed by atoms with Gasteiger partial charge in [-0.1, -0.05) is 0 Å². The molecule has 1 atom stereocenters. The Kier molecular flexibility index (Phi) is 5.40. The topological polar surface area (TPSA) is 83.5 Å². The fourth-order valence-electron chi connectivity index (χ4n) is 2.47. The van der Waals surface area contributed by atoms with Gasteiger partial charge in [0.25, 0.3) is 15.7 Å². The lowest BCUT2D eigenvalue weighted by Gasteiger charge is -2.21. The first kappa shape index (κ1) is 19.2. The van der Waals surface area contributed by atoms with E-state index in [4.69, 9.17) is 0 Å². The summed E-state index contributed by atoms with van der Waals surface area (Å²) in [6.45, 7) is 2.77. The lowest BCUT2D eigenvalue weighted by Crippen LogP contribution is -2.45. The molecule has 1 saturated heterocycles. The lowest BCUT2D eigenvalue weighted by molar-refractivity contribution is -0.131. The van der Waals surface area contributed by atoms with Crippen LogP contribution in [0.2, 0.25) is 0 Å². The first-order valence-electron chi connectivity index (χ1n) is 7.55. The normalized spacial score (nSPS) is 16.6. The molecule has 1 aromatic rings. The predicted molar refractivity (Wildman–Crippen MR) is 82.4 cm³/mol. The lowest BCUT2D eigenvalue weighted by atomic mass is 10.2. The van der Waals surface area contributed by atoms with Crippen molar-refractivity contribution >= 4 is 21.7 Å². The van der Waals surface area contributed by atoms with Gasteiger partial charge in [0.05, 0.1) is 4.90 Å². The number of carbonyl (C=O) groups is 2. The quantitative estimate of drug-likeness (QED) is 0.865. The summed E-state index contributed by atoms with van der Waals surface area (Å²) in [5.74, 6) is -0.905. The number of hydrogen-bond donors (Lipinski definition) is 1. The molecule has 10 heteroatoms. The van der Waals surface area contributed by atoms with E-state index in [1.165, 1.54) is 6.92 Å². The molecule has 25 heavy (non-hydrogen) atoms. The summed E-state index contributed by atoms with van der Waals surface area (Å²) >= 11 is 0. The van der Waals surface area contributed by atoms with E-state index >= 15 is 0 Å². The van der Waals surface area contributed by atoms with Crippen LogP contribution in [0.15, 0.2) is 29.2 Å². The van der Waals surface area contributed by atoms with Crippen molar-refractivity contribution in [2.75, 3.05) is 13.1 Å². The van der Waals surface area contributed by atoms with Crippen LogP contribution in [0.25, 0.3) is 0 Å². The minimum atomic E-state index is -5.46. The third kappa shape index (κ3) is 4.12. The van der Waals surface area contributed by atoms with E-state index < -0.39 is 32.2 Å². The van der Waals surface area contributed by atoms with Gasteiger partial charge in [-0.3, -0.25) is 9.59 Å². The highest BCUT2D eigenvalue weighted by Crippen LogP contribution is 2.30. The number of nitrogens with one attached hydrogen (secondary N) is 1. The zero-order valence-electron chi connectivity index (χ0n) is 13.3. The molecule has 1 aliphatic heterocycles. The molecule has 1 heterocycles. The van der Waals surface area contributed by atoms with E-state index in [9.17, 15) is 31.2 Å². The Labute approximate surface area is 142 Å². The Morgan fingerprint density at radius 2 is 1.64 bits per heavy atom. The molecule has 1 aromatic carbocycles. The standard InChI is InChI=1S/C15H17F3N2O4S/c1-10(14(22)20-8-2-3-9-20)19-13(21)11-4-6-12(7-5-11)25(23,24)15(16,17)18/h4-7,10H,2-3,8-9H2,1H3,(H,19,21)/t10-/m1/s1. The highest BCUT2D eigenvalue weighted by Gasteiger charge is 2.46. The van der Waals surface area contributed by atoms with Gasteiger partial charge < -0.3 is 10.2 Å². The van der Waals surface area contributed by atoms with E-state index in [-0.39, 0.29) is 11.5 Å². The van der Waals surface area contributed by atoms with Crippen LogP contribution in [0.5, 0.6) is 0 Å². The molecular formula is C15H17F3N2O4S. The minimum Gasteiger partial charge on any atom is -0.341 e. The van der Waals surface area contributed by atoms with E-state index in [0.29, 0.717) is 25.2 Å². The molecular weight excluding hydrogens is 361 g/mol. The minimum absolute atomic E-state index is 0.0396. The second-order valence-electron chi connectivity index (χ2n) is 5.70. The molecule has 0 saturated carbocycles. The van der Waals surface area contributed by atoms with Gasteiger partial charge in [-0.05, 0) is 44.0 Å². The number of sulfone groups is 1. The molecule has 1 aliphatic rings. The maximum atomic E-state index is 12.5. The van der Waals surface area contributed by atoms with Crippen LogP contribution in [0, 0.1) is 0 Å². The molecule has 138 valence electrons. The van der Waals surface area contributed by atoms with Crippen molar-refractivity contribution in [1.82, 2.24) is 10.2 Å². The number of hydrogen-bond acceptors (Lipinski definition) is 4. The fraction of sp³-hybridized carbons (Fsp3) is 0.467. The van der Waals surface area contributed by atoms with Gasteiger partial charge in [0, 0.05) is 18.7 Å². The van der Waals surface area contributed by atoms with Gasteiger partial charge in [0.2, 0.25) is 5.91 Å². The summed E-state index contributed by atoms with van der Waals surface area (Å²) < 4.78 is 60.0. The number of likely N-dealkylation sites (tertiary alicyclic amines) is 1. The third-order valence-corrected chi connectivity index (χ3v) is 5.37. The smallest absolute Gasteiger partial charge is 0.341 e. The van der Waals surface area contributed by atoms with E-state index in [1.807, 2.05) is 0 Å². The number of amides is 2. The monoisotopic (exact) mass is 378 g/mol. The number of nitrogens with zero attached hydrogens (tertiary/aromatic N) is 1. The molecule has 0 unspecified atom stereocenters. The van der Waals surface area contributed by atoms with Crippen LogP contribution < -0.4 is 5.32 Å². The van der Waals surface area contributed by atoms with Crippen molar-refractivity contribution in [3.8, 4) is 0 Å². The van der Waals surface area contributed by atoms with Crippen LogP contribution in [0.1, 0.15) is 30.1 Å². The number of halogens is 3. The van der Waals surface area contributed by atoms with Crippen molar-refractivity contribution in [3.05, 3.63) is 29.8 Å². The van der Waals surface area contributed by atoms with E-state index in [0.717, 1.165) is 25.0 Å². The summed E-state index contributed by atoms with van der Waals surface area (Å²) in [6, 6.07) is 2.58. The van der Waals surface area contributed by atoms with Gasteiger partial charge in [-0.15, -0.1) is 0 Å². The molecule has 0 aliphatic carbocycles. The molecule has 0 bridgehead atoms. The number of benzene rings is 1. The second kappa shape index (κ2) is 7.03. The molecule has 0 radical (unpaired) electrons. The summed E-state index contributed by atoms with van der Waals surface area (Å²) in [6.07, 6.45) is 1.81. The van der Waals surface area contributed by atoms with Crippen molar-refractivity contribution in [1.29, 1.82) is 0 Å². The third-order valence-electron chi connectivity index (χ3n) is 3.87. The number of rotatable bonds is 4. The summed E-state index contributed by atoms with van der Waals surface area (Å²) in [5.41, 5.74) is -5.45. The number of alkyl halides is 3. The van der Waals surface area contributed by atoms with E-state index in [2.05, 4.69) is 5.32 Å². The van der Waals surface area contributed by atoms with Gasteiger partial charge in [0.15, 0.2) is 0 Å². The van der Waals surface area contributed by atoms with Gasteiger partial charge in [0.1, 0.15) is 6.04 Å². The molecule has 0 aromatic heterocycles. The predicted octanol–water partition coefficient (Wildman–Crippen LogP) is 1.72. The van der Waals surface area contributed by atoms with Gasteiger partial charge in [-0.25, -0.2) is 8.42 Å². The second-order valence-corrected chi connectivity index (χ2v) is 7.64. The Morgan fingerprint density at radius 3 is 2.12 bits per heavy atom. The van der Waals surface area contributed by atoms with Crippen LogP contribution in [0.4, 0.5) is 13.2 Å². The zero-order valence-corrected chi connectivity index (χ0v) is 14.2. The first-order valence-corrected chi connectivity index (χ1v) is 9.03. The van der Waals surface area contributed by atoms with Crippen molar-refractivity contribution in [2.45, 2.75) is 36.2 Å². The van der Waals surface area contributed by atoms with E-state index in [1.54, 1.807) is 4.90 Å². The Morgan fingerprint density at radius 1 is 1.12 bits per heavy atom. The van der Waals surface area contributed by atoms with Crippen molar-refractivity contribution in [2.24, 2.45) is 0 Å².